The van der Waals surface area contributed by atoms with Crippen LogP contribution in [0.25, 0.3) is 6.08 Å². The molecule has 1 heterocycles. The average Bonchev–Trinajstić information content (AvgIpc) is 2.89. The van der Waals surface area contributed by atoms with Crippen LogP contribution >= 0.6 is 23.2 Å². The Kier molecular flexibility index (Phi) is 4.37. The number of esters is 1. The van der Waals surface area contributed by atoms with E-state index in [0.29, 0.717) is 21.4 Å². The first kappa shape index (κ1) is 15.6. The summed E-state index contributed by atoms with van der Waals surface area (Å²) in [6.45, 7) is 0. The maximum atomic E-state index is 12.0. The van der Waals surface area contributed by atoms with E-state index in [-0.39, 0.29) is 11.6 Å². The van der Waals surface area contributed by atoms with Crippen LogP contribution in [0.5, 0.6) is 5.75 Å². The fourth-order valence-corrected chi connectivity index (χ4v) is 2.75. The van der Waals surface area contributed by atoms with Crippen LogP contribution in [0.4, 0.5) is 0 Å². The topological polar surface area (TPSA) is 47.9 Å². The molecule has 6 heteroatoms. The van der Waals surface area contributed by atoms with Gasteiger partial charge in [-0.3, -0.25) is 0 Å². The van der Waals surface area contributed by atoms with Gasteiger partial charge in [-0.15, -0.1) is 0 Å². The lowest BCUT2D eigenvalue weighted by atomic mass is 10.1. The maximum absolute atomic E-state index is 12.0. The molecule has 116 valence electrons. The summed E-state index contributed by atoms with van der Waals surface area (Å²) in [4.78, 5) is 16.3. The third-order valence-corrected chi connectivity index (χ3v) is 3.67. The molecule has 0 atom stereocenters. The van der Waals surface area contributed by atoms with Crippen molar-refractivity contribution < 1.29 is 14.3 Å². The van der Waals surface area contributed by atoms with E-state index < -0.39 is 5.97 Å². The highest BCUT2D eigenvalue weighted by atomic mass is 35.5. The number of benzene rings is 2. The Labute approximate surface area is 143 Å². The van der Waals surface area contributed by atoms with Gasteiger partial charge in [-0.25, -0.2) is 9.79 Å². The number of methoxy groups -OCH3 is 1. The van der Waals surface area contributed by atoms with Crippen LogP contribution in [-0.4, -0.2) is 19.0 Å². The van der Waals surface area contributed by atoms with Crippen LogP contribution in [0.2, 0.25) is 10.0 Å². The summed E-state index contributed by atoms with van der Waals surface area (Å²) < 4.78 is 10.5. The third-order valence-electron chi connectivity index (χ3n) is 3.17. The maximum Gasteiger partial charge on any atom is 0.363 e. The molecule has 0 unspecified atom stereocenters. The molecule has 0 amide bonds. The molecule has 1 aliphatic heterocycles. The fraction of sp³-hybridized carbons (Fsp3) is 0.0588. The number of cyclic esters (lactones) is 1. The molecule has 0 saturated carbocycles. The van der Waals surface area contributed by atoms with Crippen molar-refractivity contribution in [2.45, 2.75) is 0 Å². The van der Waals surface area contributed by atoms with E-state index in [1.54, 1.807) is 12.1 Å². The van der Waals surface area contributed by atoms with Crippen molar-refractivity contribution in [3.05, 3.63) is 69.3 Å². The molecule has 2 aromatic rings. The van der Waals surface area contributed by atoms with Gasteiger partial charge in [-0.05, 0) is 30.3 Å². The minimum absolute atomic E-state index is 0.153. The molecular weight excluding hydrogens is 337 g/mol. The van der Waals surface area contributed by atoms with E-state index in [9.17, 15) is 4.79 Å². The highest BCUT2D eigenvalue weighted by molar-refractivity contribution is 6.36. The number of ether oxygens (including phenoxy) is 2. The first-order chi connectivity index (χ1) is 11.1. The van der Waals surface area contributed by atoms with Crippen molar-refractivity contribution >= 4 is 41.1 Å². The second-order valence-corrected chi connectivity index (χ2v) is 5.56. The van der Waals surface area contributed by atoms with Gasteiger partial charge in [0.05, 0.1) is 12.1 Å². The van der Waals surface area contributed by atoms with Crippen LogP contribution < -0.4 is 4.74 Å². The summed E-state index contributed by atoms with van der Waals surface area (Å²) in [6.07, 6.45) is 1.54. The van der Waals surface area contributed by atoms with Crippen molar-refractivity contribution in [3.63, 3.8) is 0 Å². The lowest BCUT2D eigenvalue weighted by molar-refractivity contribution is -0.129. The van der Waals surface area contributed by atoms with Gasteiger partial charge in [0.1, 0.15) is 5.75 Å². The molecular formula is C17H11Cl2NO3. The molecule has 0 aromatic heterocycles. The van der Waals surface area contributed by atoms with Crippen molar-refractivity contribution in [2.24, 2.45) is 4.99 Å². The standard InChI is InChI=1S/C17H11Cl2NO3/c1-22-15-11(7-12(18)9-13(15)19)8-14-17(21)23-16(20-14)10-5-3-2-4-6-10/h2-9H,1H3/b14-8-. The molecule has 2 aromatic carbocycles. The van der Waals surface area contributed by atoms with Gasteiger partial charge in [0, 0.05) is 16.1 Å². The zero-order valence-corrected chi connectivity index (χ0v) is 13.6. The van der Waals surface area contributed by atoms with E-state index >= 15 is 0 Å². The van der Waals surface area contributed by atoms with E-state index in [1.165, 1.54) is 13.2 Å². The van der Waals surface area contributed by atoms with Crippen molar-refractivity contribution in [1.82, 2.24) is 0 Å². The molecule has 0 fully saturated rings. The smallest absolute Gasteiger partial charge is 0.363 e. The van der Waals surface area contributed by atoms with E-state index in [2.05, 4.69) is 4.99 Å². The lowest BCUT2D eigenvalue weighted by Crippen LogP contribution is -2.05. The van der Waals surface area contributed by atoms with Gasteiger partial charge < -0.3 is 9.47 Å². The van der Waals surface area contributed by atoms with E-state index in [0.717, 1.165) is 5.56 Å². The Morgan fingerprint density at radius 1 is 1.17 bits per heavy atom. The molecule has 23 heavy (non-hydrogen) atoms. The summed E-state index contributed by atoms with van der Waals surface area (Å²) in [7, 11) is 1.49. The Hall–Kier alpha value is -2.30. The summed E-state index contributed by atoms with van der Waals surface area (Å²) >= 11 is 12.1. The van der Waals surface area contributed by atoms with Crippen LogP contribution in [-0.2, 0) is 9.53 Å². The predicted molar refractivity (Wildman–Crippen MR) is 90.1 cm³/mol. The highest BCUT2D eigenvalue weighted by Crippen LogP contribution is 2.34. The molecule has 0 aliphatic carbocycles. The van der Waals surface area contributed by atoms with Gasteiger partial charge in [-0.2, -0.15) is 0 Å². The molecule has 3 rings (SSSR count). The molecule has 0 saturated heterocycles. The SMILES string of the molecule is COc1c(Cl)cc(Cl)cc1/C=C1\N=C(c2ccccc2)OC1=O. The van der Waals surface area contributed by atoms with Gasteiger partial charge in [0.2, 0.25) is 5.90 Å². The number of carbonyl (C=O) groups is 1. The van der Waals surface area contributed by atoms with Gasteiger partial charge >= 0.3 is 5.97 Å². The zero-order valence-electron chi connectivity index (χ0n) is 12.0. The number of rotatable bonds is 3. The monoisotopic (exact) mass is 347 g/mol. The largest absolute Gasteiger partial charge is 0.495 e. The van der Waals surface area contributed by atoms with Crippen LogP contribution in [0, 0.1) is 0 Å². The molecule has 0 N–H and O–H groups in total. The number of carbonyl (C=O) groups excluding carboxylic acids is 1. The van der Waals surface area contributed by atoms with Crippen molar-refractivity contribution in [2.75, 3.05) is 7.11 Å². The van der Waals surface area contributed by atoms with Crippen LogP contribution in [0.1, 0.15) is 11.1 Å². The van der Waals surface area contributed by atoms with Gasteiger partial charge in [-0.1, -0.05) is 41.4 Å². The number of hydrogen-bond donors (Lipinski definition) is 0. The first-order valence-corrected chi connectivity index (χ1v) is 7.45. The minimum Gasteiger partial charge on any atom is -0.495 e. The normalized spacial score (nSPS) is 15.5. The second kappa shape index (κ2) is 6.44. The Bertz CT molecular complexity index is 829. The number of hydrogen-bond acceptors (Lipinski definition) is 4. The van der Waals surface area contributed by atoms with Crippen molar-refractivity contribution in [3.8, 4) is 5.75 Å². The highest BCUT2D eigenvalue weighted by Gasteiger charge is 2.24. The lowest BCUT2D eigenvalue weighted by Gasteiger charge is -2.07. The number of halogens is 2. The second-order valence-electron chi connectivity index (χ2n) is 4.71. The van der Waals surface area contributed by atoms with Crippen LogP contribution in [0.3, 0.4) is 0 Å². The van der Waals surface area contributed by atoms with E-state index in [1.807, 2.05) is 30.3 Å². The molecule has 0 bridgehead atoms. The Morgan fingerprint density at radius 2 is 1.91 bits per heavy atom. The number of nitrogens with zero attached hydrogens (tertiary/aromatic N) is 1. The van der Waals surface area contributed by atoms with Crippen LogP contribution in [0.15, 0.2) is 53.2 Å². The average molecular weight is 348 g/mol. The Balaban J connectivity index is 2.03. The van der Waals surface area contributed by atoms with Gasteiger partial charge in [0.25, 0.3) is 0 Å². The van der Waals surface area contributed by atoms with E-state index in [4.69, 9.17) is 32.7 Å². The molecule has 1 aliphatic rings. The first-order valence-electron chi connectivity index (χ1n) is 6.69. The van der Waals surface area contributed by atoms with Crippen molar-refractivity contribution in [1.29, 1.82) is 0 Å². The summed E-state index contributed by atoms with van der Waals surface area (Å²) in [6, 6.07) is 12.4. The predicted octanol–water partition coefficient (Wildman–Crippen LogP) is 4.35. The minimum atomic E-state index is -0.540. The quantitative estimate of drug-likeness (QED) is 0.612. The molecule has 0 spiro atoms. The summed E-state index contributed by atoms with van der Waals surface area (Å²) in [5.41, 5.74) is 1.43. The third kappa shape index (κ3) is 3.23. The molecule has 0 radical (unpaired) electrons. The Morgan fingerprint density at radius 3 is 2.61 bits per heavy atom. The summed E-state index contributed by atoms with van der Waals surface area (Å²) in [5, 5.41) is 0.784. The summed E-state index contributed by atoms with van der Waals surface area (Å²) in [5.74, 6) is 0.135. The number of aliphatic imine (C=N–C) groups is 1. The van der Waals surface area contributed by atoms with Gasteiger partial charge in [0.15, 0.2) is 5.70 Å². The fourth-order valence-electron chi connectivity index (χ4n) is 2.16. The molecule has 4 nitrogen and oxygen atoms in total. The zero-order chi connectivity index (χ0) is 16.4.